The van der Waals surface area contributed by atoms with E-state index in [1.54, 1.807) is 18.3 Å². The molecule has 170 valence electrons. The summed E-state index contributed by atoms with van der Waals surface area (Å²) in [5, 5.41) is 0.242. The Kier molecular flexibility index (Phi) is 7.33. The molecule has 0 N–H and O–H groups in total. The molecule has 1 saturated heterocycles. The van der Waals surface area contributed by atoms with Gasteiger partial charge in [-0.05, 0) is 31.0 Å². The van der Waals surface area contributed by atoms with Gasteiger partial charge in [-0.25, -0.2) is 19.7 Å². The van der Waals surface area contributed by atoms with Crippen LogP contribution in [0.4, 0.5) is 11.8 Å². The van der Waals surface area contributed by atoms with Crippen LogP contribution in [0, 0.1) is 0 Å². The molecule has 9 nitrogen and oxygen atoms in total. The fraction of sp³-hybridized carbons (Fsp3) is 0.476. The predicted molar refractivity (Wildman–Crippen MR) is 125 cm³/mol. The third-order valence-electron chi connectivity index (χ3n) is 4.96. The summed E-state index contributed by atoms with van der Waals surface area (Å²) in [5.74, 6) is 1.00. The van der Waals surface area contributed by atoms with Gasteiger partial charge in [-0.15, -0.1) is 11.3 Å². The number of morpholine rings is 1. The monoisotopic (exact) mass is 476 g/mol. The molecular formula is C21H25ClN6O3S. The number of thiophene rings is 1. The molecular weight excluding hydrogens is 452 g/mol. The smallest absolute Gasteiger partial charge is 0.341 e. The minimum atomic E-state index is -0.420. The first-order chi connectivity index (χ1) is 15.6. The molecule has 1 aliphatic rings. The van der Waals surface area contributed by atoms with E-state index < -0.39 is 5.97 Å². The van der Waals surface area contributed by atoms with E-state index >= 15 is 0 Å². The number of aromatic nitrogens is 4. The number of carbonyl (C=O) groups excluding carboxylic acids is 1. The Morgan fingerprint density at radius 3 is 2.69 bits per heavy atom. The molecule has 0 amide bonds. The van der Waals surface area contributed by atoms with E-state index in [0.29, 0.717) is 37.9 Å². The third-order valence-corrected chi connectivity index (χ3v) is 6.23. The lowest BCUT2D eigenvalue weighted by molar-refractivity contribution is 0.0525. The van der Waals surface area contributed by atoms with Gasteiger partial charge in [0, 0.05) is 36.9 Å². The highest BCUT2D eigenvalue weighted by Gasteiger charge is 2.20. The Bertz CT molecular complexity index is 1070. The second-order valence-corrected chi connectivity index (χ2v) is 8.73. The van der Waals surface area contributed by atoms with Crippen molar-refractivity contribution in [1.29, 1.82) is 0 Å². The Labute approximate surface area is 195 Å². The average molecular weight is 477 g/mol. The fourth-order valence-electron chi connectivity index (χ4n) is 3.52. The summed E-state index contributed by atoms with van der Waals surface area (Å²) in [4.78, 5) is 35.0. The highest BCUT2D eigenvalue weighted by Crippen LogP contribution is 2.34. The summed E-state index contributed by atoms with van der Waals surface area (Å²) in [5.41, 5.74) is 1.18. The molecule has 0 saturated carbocycles. The number of anilines is 2. The normalized spacial score (nSPS) is 14.0. The number of hydrogen-bond donors (Lipinski definition) is 0. The summed E-state index contributed by atoms with van der Waals surface area (Å²) in [7, 11) is 0. The molecule has 0 radical (unpaired) electrons. The van der Waals surface area contributed by atoms with E-state index in [-0.39, 0.29) is 5.28 Å². The predicted octanol–water partition coefficient (Wildman–Crippen LogP) is 3.56. The zero-order chi connectivity index (χ0) is 22.5. The molecule has 1 aliphatic heterocycles. The fourth-order valence-corrected chi connectivity index (χ4v) is 4.82. The maximum absolute atomic E-state index is 11.9. The number of nitrogens with zero attached hydrogens (tertiary/aromatic N) is 6. The van der Waals surface area contributed by atoms with Gasteiger partial charge < -0.3 is 19.3 Å². The van der Waals surface area contributed by atoms with Crippen molar-refractivity contribution >= 4 is 50.9 Å². The number of rotatable bonds is 8. The minimum Gasteiger partial charge on any atom is -0.462 e. The van der Waals surface area contributed by atoms with Gasteiger partial charge in [0.05, 0.1) is 42.1 Å². The van der Waals surface area contributed by atoms with Gasteiger partial charge in [-0.3, -0.25) is 0 Å². The number of hydrogen-bond acceptors (Lipinski definition) is 10. The summed E-state index contributed by atoms with van der Waals surface area (Å²) >= 11 is 7.88. The van der Waals surface area contributed by atoms with E-state index in [9.17, 15) is 4.79 Å². The van der Waals surface area contributed by atoms with Gasteiger partial charge in [0.2, 0.25) is 11.2 Å². The van der Waals surface area contributed by atoms with Crippen molar-refractivity contribution in [2.75, 3.05) is 49.3 Å². The van der Waals surface area contributed by atoms with Gasteiger partial charge in [-0.1, -0.05) is 6.92 Å². The molecule has 0 spiro atoms. The summed E-state index contributed by atoms with van der Waals surface area (Å²) < 4.78 is 11.5. The first-order valence-corrected chi connectivity index (χ1v) is 11.8. The molecule has 0 bridgehead atoms. The molecule has 0 unspecified atom stereocenters. The van der Waals surface area contributed by atoms with Crippen molar-refractivity contribution in [3.63, 3.8) is 0 Å². The van der Waals surface area contributed by atoms with Crippen LogP contribution in [0.5, 0.6) is 0 Å². The molecule has 3 aromatic rings. The Hall–Kier alpha value is -2.56. The van der Waals surface area contributed by atoms with Crippen LogP contribution in [0.15, 0.2) is 18.5 Å². The van der Waals surface area contributed by atoms with Crippen LogP contribution < -0.4 is 9.80 Å². The van der Waals surface area contributed by atoms with E-state index in [2.05, 4.69) is 36.7 Å². The van der Waals surface area contributed by atoms with E-state index in [0.717, 1.165) is 47.0 Å². The van der Waals surface area contributed by atoms with Gasteiger partial charge in [-0.2, -0.15) is 4.98 Å². The summed E-state index contributed by atoms with van der Waals surface area (Å²) in [6.07, 6.45) is 3.95. The lowest BCUT2D eigenvalue weighted by Crippen LogP contribution is -2.36. The van der Waals surface area contributed by atoms with Crippen LogP contribution in [0.2, 0.25) is 5.28 Å². The minimum absolute atomic E-state index is 0.242. The second-order valence-electron chi connectivity index (χ2n) is 7.26. The van der Waals surface area contributed by atoms with E-state index in [1.807, 2.05) is 6.07 Å². The SMILES string of the molecule is CCCN(Cc1cc2nc(Cl)nc(N3CCOCC3)c2s1)c1ncc(C(=O)OCC)cn1. The molecule has 32 heavy (non-hydrogen) atoms. The molecule has 1 fully saturated rings. The van der Waals surface area contributed by atoms with Crippen molar-refractivity contribution in [3.05, 3.63) is 34.2 Å². The molecule has 4 rings (SSSR count). The molecule has 0 aromatic carbocycles. The number of esters is 1. The Morgan fingerprint density at radius 2 is 2.00 bits per heavy atom. The highest BCUT2D eigenvalue weighted by molar-refractivity contribution is 7.19. The standard InChI is InChI=1S/C21H25ClN6O3S/c1-3-5-28(21-23-11-14(12-24-21)19(29)31-4-2)13-15-10-16-17(32-15)18(26-20(22)25-16)27-6-8-30-9-7-27/h10-12H,3-9,13H2,1-2H3. The first kappa shape index (κ1) is 22.6. The first-order valence-electron chi connectivity index (χ1n) is 10.6. The maximum atomic E-state index is 11.9. The largest absolute Gasteiger partial charge is 0.462 e. The van der Waals surface area contributed by atoms with Gasteiger partial charge in [0.15, 0.2) is 5.82 Å². The van der Waals surface area contributed by atoms with Crippen molar-refractivity contribution in [2.45, 2.75) is 26.8 Å². The lowest BCUT2D eigenvalue weighted by atomic mass is 10.3. The van der Waals surface area contributed by atoms with Crippen LogP contribution in [0.1, 0.15) is 35.5 Å². The number of ether oxygens (including phenoxy) is 2. The van der Waals surface area contributed by atoms with Gasteiger partial charge >= 0.3 is 5.97 Å². The van der Waals surface area contributed by atoms with Crippen LogP contribution in [0.3, 0.4) is 0 Å². The van der Waals surface area contributed by atoms with Crippen molar-refractivity contribution in [2.24, 2.45) is 0 Å². The lowest BCUT2D eigenvalue weighted by Gasteiger charge is -2.28. The van der Waals surface area contributed by atoms with Gasteiger partial charge in [0.25, 0.3) is 0 Å². The Morgan fingerprint density at radius 1 is 1.25 bits per heavy atom. The van der Waals surface area contributed by atoms with Gasteiger partial charge in [0.1, 0.15) is 0 Å². The van der Waals surface area contributed by atoms with Crippen molar-refractivity contribution < 1.29 is 14.3 Å². The molecule has 0 aliphatic carbocycles. The van der Waals surface area contributed by atoms with Crippen molar-refractivity contribution in [3.8, 4) is 0 Å². The summed E-state index contributed by atoms with van der Waals surface area (Å²) in [6.45, 7) is 8.47. The van der Waals surface area contributed by atoms with E-state index in [4.69, 9.17) is 21.1 Å². The zero-order valence-corrected chi connectivity index (χ0v) is 19.7. The Balaban J connectivity index is 1.59. The maximum Gasteiger partial charge on any atom is 0.341 e. The topological polar surface area (TPSA) is 93.6 Å². The van der Waals surface area contributed by atoms with Crippen LogP contribution in [-0.4, -0.2) is 65.4 Å². The number of halogens is 1. The molecule has 3 aromatic heterocycles. The van der Waals surface area contributed by atoms with Crippen molar-refractivity contribution in [1.82, 2.24) is 19.9 Å². The van der Waals surface area contributed by atoms with E-state index in [1.165, 1.54) is 12.4 Å². The quantitative estimate of drug-likeness (QED) is 0.357. The third kappa shape index (κ3) is 5.08. The molecule has 0 atom stereocenters. The van der Waals surface area contributed by atoms with Crippen LogP contribution >= 0.6 is 22.9 Å². The van der Waals surface area contributed by atoms with Crippen LogP contribution in [0.25, 0.3) is 10.2 Å². The second kappa shape index (κ2) is 10.4. The van der Waals surface area contributed by atoms with Crippen LogP contribution in [-0.2, 0) is 16.0 Å². The average Bonchev–Trinajstić information content (AvgIpc) is 3.21. The zero-order valence-electron chi connectivity index (χ0n) is 18.1. The molecule has 4 heterocycles. The number of carbonyl (C=O) groups is 1. The number of fused-ring (bicyclic) bond motifs is 1. The molecule has 11 heteroatoms. The summed E-state index contributed by atoms with van der Waals surface area (Å²) in [6, 6.07) is 2.05. The highest BCUT2D eigenvalue weighted by atomic mass is 35.5.